The molecule has 9 heteroatoms. The highest BCUT2D eigenvalue weighted by molar-refractivity contribution is 7.99. The van der Waals surface area contributed by atoms with Gasteiger partial charge < -0.3 is 14.1 Å². The number of hydrogen-bond donors (Lipinski definition) is 0. The van der Waals surface area contributed by atoms with Gasteiger partial charge in [-0.2, -0.15) is 0 Å². The molecule has 4 aromatic rings. The van der Waals surface area contributed by atoms with Crippen LogP contribution in [-0.4, -0.2) is 51.5 Å². The highest BCUT2D eigenvalue weighted by atomic mass is 35.5. The van der Waals surface area contributed by atoms with Crippen LogP contribution in [0.3, 0.4) is 0 Å². The number of furan rings is 1. The van der Waals surface area contributed by atoms with Crippen molar-refractivity contribution in [3.05, 3.63) is 83.6 Å². The van der Waals surface area contributed by atoms with Crippen molar-refractivity contribution in [2.45, 2.75) is 11.7 Å². The Morgan fingerprint density at radius 2 is 1.88 bits per heavy atom. The first-order chi connectivity index (χ1) is 16.1. The average molecular weight is 483 g/mol. The zero-order chi connectivity index (χ0) is 23.0. The minimum Gasteiger partial charge on any atom is -0.492 e. The van der Waals surface area contributed by atoms with Crippen LogP contribution in [0.25, 0.3) is 11.6 Å². The van der Waals surface area contributed by atoms with E-state index in [1.165, 1.54) is 11.8 Å². The Bertz CT molecular complexity index is 1160. The lowest BCUT2D eigenvalue weighted by Crippen LogP contribution is -2.32. The van der Waals surface area contributed by atoms with E-state index < -0.39 is 0 Å². The summed E-state index contributed by atoms with van der Waals surface area (Å²) in [5.74, 6) is 2.20. The molecular formula is C24H23ClN4O3S. The minimum absolute atomic E-state index is 0.0199. The molecule has 0 saturated carbocycles. The number of carbonyl (C=O) groups is 1. The van der Waals surface area contributed by atoms with E-state index in [2.05, 4.69) is 10.2 Å². The van der Waals surface area contributed by atoms with Gasteiger partial charge in [0, 0.05) is 12.1 Å². The lowest BCUT2D eigenvalue weighted by Gasteiger charge is -2.17. The summed E-state index contributed by atoms with van der Waals surface area (Å²) in [4.78, 5) is 14.3. The zero-order valence-corrected chi connectivity index (χ0v) is 19.6. The van der Waals surface area contributed by atoms with Gasteiger partial charge in [-0.05, 0) is 42.0 Å². The number of nitrogens with zero attached hydrogens (tertiary/aromatic N) is 4. The molecule has 1 amide bonds. The van der Waals surface area contributed by atoms with Crippen LogP contribution in [0, 0.1) is 0 Å². The second-order valence-electron chi connectivity index (χ2n) is 7.26. The number of benzene rings is 2. The number of thioether (sulfide) groups is 1. The van der Waals surface area contributed by atoms with Gasteiger partial charge in [0.05, 0.1) is 25.1 Å². The molecule has 0 fully saturated rings. The molecule has 33 heavy (non-hydrogen) atoms. The number of aromatic nitrogens is 3. The smallest absolute Gasteiger partial charge is 0.232 e. The molecule has 170 valence electrons. The second-order valence-corrected chi connectivity index (χ2v) is 8.64. The predicted molar refractivity (Wildman–Crippen MR) is 129 cm³/mol. The van der Waals surface area contributed by atoms with Crippen LogP contribution in [0.4, 0.5) is 0 Å². The Balaban J connectivity index is 1.36. The molecule has 0 spiro atoms. The van der Waals surface area contributed by atoms with Gasteiger partial charge in [-0.3, -0.25) is 9.36 Å². The van der Waals surface area contributed by atoms with E-state index in [1.807, 2.05) is 47.0 Å². The first kappa shape index (κ1) is 22.9. The topological polar surface area (TPSA) is 73.4 Å². The van der Waals surface area contributed by atoms with Gasteiger partial charge in [0.1, 0.15) is 12.4 Å². The van der Waals surface area contributed by atoms with E-state index in [-0.39, 0.29) is 11.7 Å². The Morgan fingerprint density at radius 3 is 2.61 bits per heavy atom. The number of carbonyl (C=O) groups excluding carboxylic acids is 1. The van der Waals surface area contributed by atoms with Gasteiger partial charge in [0.2, 0.25) is 11.7 Å². The molecule has 2 aromatic carbocycles. The maximum absolute atomic E-state index is 12.7. The summed E-state index contributed by atoms with van der Waals surface area (Å²) < 4.78 is 13.2. The molecule has 7 nitrogen and oxygen atoms in total. The van der Waals surface area contributed by atoms with Crippen LogP contribution >= 0.6 is 23.4 Å². The molecule has 4 rings (SSSR count). The third-order valence-corrected chi connectivity index (χ3v) is 6.10. The van der Waals surface area contributed by atoms with E-state index in [0.29, 0.717) is 47.2 Å². The molecule has 0 atom stereocenters. The fraction of sp³-hybridized carbons (Fsp3) is 0.208. The van der Waals surface area contributed by atoms with Crippen LogP contribution in [0.15, 0.2) is 82.6 Å². The quantitative estimate of drug-likeness (QED) is 0.300. The van der Waals surface area contributed by atoms with Crippen LogP contribution in [0.1, 0.15) is 5.56 Å². The van der Waals surface area contributed by atoms with E-state index in [1.54, 1.807) is 42.5 Å². The first-order valence-electron chi connectivity index (χ1n) is 10.4. The van der Waals surface area contributed by atoms with Crippen LogP contribution in [-0.2, 0) is 11.3 Å². The van der Waals surface area contributed by atoms with Gasteiger partial charge in [0.15, 0.2) is 10.9 Å². The average Bonchev–Trinajstić information content (AvgIpc) is 3.49. The summed E-state index contributed by atoms with van der Waals surface area (Å²) in [6, 6.07) is 20.8. The van der Waals surface area contributed by atoms with E-state index in [4.69, 9.17) is 20.8 Å². The summed E-state index contributed by atoms with van der Waals surface area (Å²) in [7, 11) is 1.76. The SMILES string of the molecule is CN(CCOc1ccc(Cl)cc1)C(=O)CSc1nnc(-c2ccco2)n1Cc1ccccc1. The summed E-state index contributed by atoms with van der Waals surface area (Å²) in [5.41, 5.74) is 1.11. The highest BCUT2D eigenvalue weighted by Crippen LogP contribution is 2.25. The normalized spacial score (nSPS) is 10.8. The van der Waals surface area contributed by atoms with Crippen molar-refractivity contribution >= 4 is 29.3 Å². The summed E-state index contributed by atoms with van der Waals surface area (Å²) in [5, 5.41) is 9.94. The Labute approximate surface area is 201 Å². The molecule has 0 aliphatic heterocycles. The summed E-state index contributed by atoms with van der Waals surface area (Å²) >= 11 is 7.24. The van der Waals surface area contributed by atoms with Gasteiger partial charge in [-0.15, -0.1) is 10.2 Å². The Kier molecular flexibility index (Phi) is 7.70. The number of amides is 1. The van der Waals surface area contributed by atoms with Crippen molar-refractivity contribution in [2.24, 2.45) is 0 Å². The van der Waals surface area contributed by atoms with E-state index in [9.17, 15) is 4.79 Å². The standard InChI is InChI=1S/C24H23ClN4O3S/c1-28(13-15-31-20-11-9-19(25)10-12-20)22(30)17-33-24-27-26-23(21-8-5-14-32-21)29(24)16-18-6-3-2-4-7-18/h2-12,14H,13,15-17H2,1H3. The maximum atomic E-state index is 12.7. The first-order valence-corrected chi connectivity index (χ1v) is 11.7. The van der Waals surface area contributed by atoms with Crippen LogP contribution in [0.2, 0.25) is 5.02 Å². The van der Waals surface area contributed by atoms with Crippen LogP contribution in [0.5, 0.6) is 5.75 Å². The molecule has 2 aromatic heterocycles. The number of hydrogen-bond acceptors (Lipinski definition) is 6. The fourth-order valence-electron chi connectivity index (χ4n) is 3.08. The van der Waals surface area contributed by atoms with Crippen molar-refractivity contribution in [3.8, 4) is 17.3 Å². The molecule has 0 aliphatic carbocycles. The fourth-order valence-corrected chi connectivity index (χ4v) is 4.09. The van der Waals surface area contributed by atoms with E-state index in [0.717, 1.165) is 5.56 Å². The van der Waals surface area contributed by atoms with Gasteiger partial charge in [-0.25, -0.2) is 0 Å². The van der Waals surface area contributed by atoms with Gasteiger partial charge in [-0.1, -0.05) is 53.7 Å². The predicted octanol–water partition coefficient (Wildman–Crippen LogP) is 4.87. The highest BCUT2D eigenvalue weighted by Gasteiger charge is 2.19. The van der Waals surface area contributed by atoms with E-state index >= 15 is 0 Å². The monoisotopic (exact) mass is 482 g/mol. The lowest BCUT2D eigenvalue weighted by atomic mass is 10.2. The maximum Gasteiger partial charge on any atom is 0.232 e. The minimum atomic E-state index is -0.0199. The van der Waals surface area contributed by atoms with Crippen molar-refractivity contribution in [2.75, 3.05) is 26.0 Å². The van der Waals surface area contributed by atoms with Gasteiger partial charge >= 0.3 is 0 Å². The number of rotatable bonds is 10. The van der Waals surface area contributed by atoms with Crippen molar-refractivity contribution < 1.29 is 13.9 Å². The van der Waals surface area contributed by atoms with Gasteiger partial charge in [0.25, 0.3) is 0 Å². The molecule has 2 heterocycles. The molecule has 0 unspecified atom stereocenters. The third-order valence-electron chi connectivity index (χ3n) is 4.90. The lowest BCUT2D eigenvalue weighted by molar-refractivity contribution is -0.127. The van der Waals surface area contributed by atoms with Crippen molar-refractivity contribution in [3.63, 3.8) is 0 Å². The third kappa shape index (κ3) is 6.18. The molecule has 0 saturated heterocycles. The Hall–Kier alpha value is -3.23. The zero-order valence-electron chi connectivity index (χ0n) is 18.1. The molecule has 0 bridgehead atoms. The van der Waals surface area contributed by atoms with Crippen molar-refractivity contribution in [1.82, 2.24) is 19.7 Å². The molecule has 0 N–H and O–H groups in total. The Morgan fingerprint density at radius 1 is 1.09 bits per heavy atom. The molecule has 0 aliphatic rings. The number of ether oxygens (including phenoxy) is 1. The molecular weight excluding hydrogens is 460 g/mol. The number of halogens is 1. The second kappa shape index (κ2) is 11.1. The largest absolute Gasteiger partial charge is 0.492 e. The summed E-state index contributed by atoms with van der Waals surface area (Å²) in [6.45, 7) is 1.43. The summed E-state index contributed by atoms with van der Waals surface area (Å²) in [6.07, 6.45) is 1.61. The molecule has 0 radical (unpaired) electrons. The van der Waals surface area contributed by atoms with Crippen LogP contribution < -0.4 is 4.74 Å². The van der Waals surface area contributed by atoms with Crippen molar-refractivity contribution in [1.29, 1.82) is 0 Å². The number of likely N-dealkylation sites (N-methyl/N-ethyl adjacent to an activating group) is 1.